The quantitative estimate of drug-likeness (QED) is 0.500. The van der Waals surface area contributed by atoms with Crippen LogP contribution in [0.2, 0.25) is 0 Å². The van der Waals surface area contributed by atoms with Gasteiger partial charge >= 0.3 is 0 Å². The molecule has 2 nitrogen and oxygen atoms in total. The fraction of sp³-hybridized carbons (Fsp3) is 0.111. The first-order valence-electron chi connectivity index (χ1n) is 7.06. The summed E-state index contributed by atoms with van der Waals surface area (Å²) in [6.45, 7) is 1.41. The van der Waals surface area contributed by atoms with Gasteiger partial charge in [-0.15, -0.1) is 0 Å². The Morgan fingerprint density at radius 1 is 0.955 bits per heavy atom. The number of halogens is 2. The number of hydrogen-bond donors (Lipinski definition) is 0. The number of fused-ring (bicyclic) bond motifs is 3. The highest BCUT2D eigenvalue weighted by Gasteiger charge is 2.21. The molecule has 22 heavy (non-hydrogen) atoms. The van der Waals surface area contributed by atoms with Crippen LogP contribution < -0.4 is 9.64 Å². The van der Waals surface area contributed by atoms with E-state index < -0.39 is 0 Å². The average molecular weight is 419 g/mol. The lowest BCUT2D eigenvalue weighted by Crippen LogP contribution is -2.32. The number of hydrogen-bond acceptors (Lipinski definition) is 2. The van der Waals surface area contributed by atoms with E-state index in [1.807, 2.05) is 6.07 Å². The zero-order valence-corrected chi connectivity index (χ0v) is 14.9. The summed E-state index contributed by atoms with van der Waals surface area (Å²) >= 11 is 7.17. The second-order valence-electron chi connectivity index (χ2n) is 5.33. The van der Waals surface area contributed by atoms with Gasteiger partial charge in [-0.1, -0.05) is 40.2 Å². The largest absolute Gasteiger partial charge is 0.473 e. The lowest BCUT2D eigenvalue weighted by molar-refractivity contribution is 0.290. The molecule has 0 N–H and O–H groups in total. The molecule has 0 fully saturated rings. The van der Waals surface area contributed by atoms with Gasteiger partial charge in [0, 0.05) is 14.5 Å². The zero-order chi connectivity index (χ0) is 15.1. The number of rotatable bonds is 1. The standard InChI is InChI=1S/C18H13Br2NO/c19-13-6-7-14-12(9-13)5-8-18-15(14)10-21(11-22-18)17-4-2-1-3-16(17)20/h1-9H,10-11H2. The van der Waals surface area contributed by atoms with E-state index in [0.29, 0.717) is 6.73 Å². The van der Waals surface area contributed by atoms with E-state index in [0.717, 1.165) is 26.9 Å². The van der Waals surface area contributed by atoms with Gasteiger partial charge in [0.25, 0.3) is 0 Å². The van der Waals surface area contributed by atoms with Crippen molar-refractivity contribution in [3.8, 4) is 5.75 Å². The molecule has 0 atom stereocenters. The van der Waals surface area contributed by atoms with Gasteiger partial charge in [0.2, 0.25) is 0 Å². The van der Waals surface area contributed by atoms with Gasteiger partial charge in [-0.2, -0.15) is 0 Å². The summed E-state index contributed by atoms with van der Waals surface area (Å²) in [5.74, 6) is 0.984. The third kappa shape index (κ3) is 2.40. The zero-order valence-electron chi connectivity index (χ0n) is 11.7. The van der Waals surface area contributed by atoms with Crippen LogP contribution in [0, 0.1) is 0 Å². The topological polar surface area (TPSA) is 12.5 Å². The molecule has 0 unspecified atom stereocenters. The van der Waals surface area contributed by atoms with Crippen LogP contribution in [0.25, 0.3) is 10.8 Å². The van der Waals surface area contributed by atoms with Crippen LogP contribution in [0.3, 0.4) is 0 Å². The first-order chi connectivity index (χ1) is 10.7. The number of nitrogens with zero attached hydrogens (tertiary/aromatic N) is 1. The van der Waals surface area contributed by atoms with Crippen molar-refractivity contribution in [2.75, 3.05) is 11.6 Å². The molecule has 4 heteroatoms. The molecular formula is C18H13Br2NO. The highest BCUT2D eigenvalue weighted by Crippen LogP contribution is 2.36. The molecule has 1 heterocycles. The van der Waals surface area contributed by atoms with Gasteiger partial charge in [0.1, 0.15) is 5.75 Å². The molecular weight excluding hydrogens is 406 g/mol. The molecule has 110 valence electrons. The summed E-state index contributed by atoms with van der Waals surface area (Å²) < 4.78 is 8.16. The molecule has 3 aromatic rings. The smallest absolute Gasteiger partial charge is 0.161 e. The Hall–Kier alpha value is -1.52. The summed E-state index contributed by atoms with van der Waals surface area (Å²) in [6, 6.07) is 18.8. The lowest BCUT2D eigenvalue weighted by Gasteiger charge is -2.32. The monoisotopic (exact) mass is 417 g/mol. The Kier molecular flexibility index (Phi) is 3.59. The first kappa shape index (κ1) is 14.1. The first-order valence-corrected chi connectivity index (χ1v) is 8.64. The lowest BCUT2D eigenvalue weighted by atomic mass is 10.0. The Balaban J connectivity index is 1.81. The van der Waals surface area contributed by atoms with E-state index in [2.05, 4.69) is 85.3 Å². The van der Waals surface area contributed by atoms with Crippen molar-refractivity contribution in [2.24, 2.45) is 0 Å². The van der Waals surface area contributed by atoms with Gasteiger partial charge in [0.15, 0.2) is 6.73 Å². The van der Waals surface area contributed by atoms with Crippen LogP contribution >= 0.6 is 31.9 Å². The molecule has 3 aromatic carbocycles. The van der Waals surface area contributed by atoms with E-state index >= 15 is 0 Å². The van der Waals surface area contributed by atoms with Crippen molar-refractivity contribution in [1.82, 2.24) is 0 Å². The maximum Gasteiger partial charge on any atom is 0.161 e. The second kappa shape index (κ2) is 5.60. The Bertz CT molecular complexity index is 863. The van der Waals surface area contributed by atoms with Crippen LogP contribution in [0.1, 0.15) is 5.56 Å². The molecule has 0 spiro atoms. The van der Waals surface area contributed by atoms with Crippen LogP contribution in [-0.2, 0) is 6.54 Å². The van der Waals surface area contributed by atoms with E-state index in [4.69, 9.17) is 4.74 Å². The van der Waals surface area contributed by atoms with Crippen LogP contribution in [-0.4, -0.2) is 6.73 Å². The van der Waals surface area contributed by atoms with Gasteiger partial charge in [0.05, 0.1) is 12.2 Å². The molecule has 4 rings (SSSR count). The van der Waals surface area contributed by atoms with E-state index in [1.54, 1.807) is 0 Å². The minimum absolute atomic E-state index is 0.567. The number of benzene rings is 3. The number of para-hydroxylation sites is 1. The molecule has 0 amide bonds. The van der Waals surface area contributed by atoms with Crippen LogP contribution in [0.5, 0.6) is 5.75 Å². The number of ether oxygens (including phenoxy) is 1. The average Bonchev–Trinajstić information content (AvgIpc) is 2.54. The van der Waals surface area contributed by atoms with Crippen molar-refractivity contribution in [3.05, 3.63) is 69.1 Å². The van der Waals surface area contributed by atoms with Crippen molar-refractivity contribution in [1.29, 1.82) is 0 Å². The van der Waals surface area contributed by atoms with Crippen molar-refractivity contribution in [2.45, 2.75) is 6.54 Å². The summed E-state index contributed by atoms with van der Waals surface area (Å²) in [5.41, 5.74) is 2.40. The Morgan fingerprint density at radius 3 is 2.68 bits per heavy atom. The van der Waals surface area contributed by atoms with Gasteiger partial charge in [-0.05, 0) is 57.0 Å². The Morgan fingerprint density at radius 2 is 1.82 bits per heavy atom. The van der Waals surface area contributed by atoms with E-state index in [1.165, 1.54) is 16.3 Å². The van der Waals surface area contributed by atoms with Gasteiger partial charge < -0.3 is 9.64 Å². The highest BCUT2D eigenvalue weighted by atomic mass is 79.9. The van der Waals surface area contributed by atoms with Crippen LogP contribution in [0.15, 0.2) is 63.5 Å². The second-order valence-corrected chi connectivity index (χ2v) is 7.10. The number of anilines is 1. The summed E-state index contributed by atoms with van der Waals surface area (Å²) in [4.78, 5) is 2.24. The third-order valence-electron chi connectivity index (χ3n) is 3.97. The minimum Gasteiger partial charge on any atom is -0.473 e. The predicted molar refractivity (Wildman–Crippen MR) is 97.5 cm³/mol. The molecule has 0 aromatic heterocycles. The molecule has 0 saturated heterocycles. The maximum atomic E-state index is 5.98. The van der Waals surface area contributed by atoms with Crippen LogP contribution in [0.4, 0.5) is 5.69 Å². The molecule has 1 aliphatic rings. The van der Waals surface area contributed by atoms with Crippen molar-refractivity contribution >= 4 is 48.3 Å². The minimum atomic E-state index is 0.567. The molecule has 0 radical (unpaired) electrons. The fourth-order valence-corrected chi connectivity index (χ4v) is 3.80. The van der Waals surface area contributed by atoms with E-state index in [9.17, 15) is 0 Å². The fourth-order valence-electron chi connectivity index (χ4n) is 2.89. The van der Waals surface area contributed by atoms with Crippen molar-refractivity contribution in [3.63, 3.8) is 0 Å². The molecule has 0 saturated carbocycles. The Labute approximate surface area is 146 Å². The van der Waals surface area contributed by atoms with Crippen molar-refractivity contribution < 1.29 is 4.74 Å². The highest BCUT2D eigenvalue weighted by molar-refractivity contribution is 9.10. The molecule has 1 aliphatic heterocycles. The summed E-state index contributed by atoms with van der Waals surface area (Å²) in [6.07, 6.45) is 0. The maximum absolute atomic E-state index is 5.98. The third-order valence-corrected chi connectivity index (χ3v) is 5.13. The molecule has 0 bridgehead atoms. The SMILES string of the molecule is Brc1ccc2c3c(ccc2c1)OCN(c1ccccc1Br)C3. The predicted octanol–water partition coefficient (Wildman–Crippen LogP) is 5.72. The normalized spacial score (nSPS) is 13.8. The summed E-state index contributed by atoms with van der Waals surface area (Å²) in [5, 5.41) is 2.48. The molecule has 0 aliphatic carbocycles. The van der Waals surface area contributed by atoms with Gasteiger partial charge in [-0.25, -0.2) is 0 Å². The summed E-state index contributed by atoms with van der Waals surface area (Å²) in [7, 11) is 0. The van der Waals surface area contributed by atoms with E-state index in [-0.39, 0.29) is 0 Å². The van der Waals surface area contributed by atoms with Gasteiger partial charge in [-0.3, -0.25) is 0 Å².